The number of hydrogen-bond acceptors (Lipinski definition) is 3. The number of aliphatic hydroxyl groups excluding tert-OH is 1. The van der Waals surface area contributed by atoms with Gasteiger partial charge in [0.1, 0.15) is 0 Å². The van der Waals surface area contributed by atoms with Crippen LogP contribution in [0.5, 0.6) is 0 Å². The van der Waals surface area contributed by atoms with Crippen molar-refractivity contribution in [3.8, 4) is 12.3 Å². The summed E-state index contributed by atoms with van der Waals surface area (Å²) in [5.41, 5.74) is -0.218. The van der Waals surface area contributed by atoms with E-state index in [0.717, 1.165) is 12.8 Å². The van der Waals surface area contributed by atoms with Crippen molar-refractivity contribution in [2.45, 2.75) is 31.3 Å². The van der Waals surface area contributed by atoms with Crippen LogP contribution < -0.4 is 5.32 Å². The van der Waals surface area contributed by atoms with Crippen LogP contribution in [0.2, 0.25) is 0 Å². The highest BCUT2D eigenvalue weighted by molar-refractivity contribution is 5.02. The molecule has 0 aromatic rings. The Bertz CT molecular complexity index is 192. The van der Waals surface area contributed by atoms with E-state index in [1.807, 2.05) is 6.92 Å². The van der Waals surface area contributed by atoms with Gasteiger partial charge in [-0.25, -0.2) is 0 Å². The Labute approximate surface area is 79.5 Å². The minimum absolute atomic E-state index is 0.00486. The van der Waals surface area contributed by atoms with Crippen molar-refractivity contribution >= 4 is 0 Å². The van der Waals surface area contributed by atoms with E-state index >= 15 is 0 Å². The van der Waals surface area contributed by atoms with Gasteiger partial charge in [0.25, 0.3) is 0 Å². The minimum atomic E-state index is -0.218. The maximum absolute atomic E-state index is 9.30. The highest BCUT2D eigenvalue weighted by Crippen LogP contribution is 2.20. The second-order valence-electron chi connectivity index (χ2n) is 3.58. The van der Waals surface area contributed by atoms with E-state index in [4.69, 9.17) is 11.2 Å². The number of terminal acetylenes is 1. The zero-order valence-electron chi connectivity index (χ0n) is 8.05. The molecule has 0 bridgehead atoms. The van der Waals surface area contributed by atoms with Crippen LogP contribution in [0.4, 0.5) is 0 Å². The zero-order chi connectivity index (χ0) is 9.73. The molecule has 1 aliphatic heterocycles. The van der Waals surface area contributed by atoms with Crippen LogP contribution >= 0.6 is 0 Å². The summed E-state index contributed by atoms with van der Waals surface area (Å²) in [7, 11) is 0. The lowest BCUT2D eigenvalue weighted by Crippen LogP contribution is -2.55. The van der Waals surface area contributed by atoms with Gasteiger partial charge in [-0.1, -0.05) is 5.92 Å². The van der Waals surface area contributed by atoms with Crippen LogP contribution in [0.15, 0.2) is 0 Å². The quantitative estimate of drug-likeness (QED) is 0.611. The Kier molecular flexibility index (Phi) is 3.73. The van der Waals surface area contributed by atoms with Gasteiger partial charge in [0.2, 0.25) is 0 Å². The standard InChI is InChI=1S/C10H17NO2/c1-3-9(2)11-10(8-12)4-6-13-7-5-10/h1,9,11-12H,4-8H2,2H3. The fourth-order valence-electron chi connectivity index (χ4n) is 1.61. The van der Waals surface area contributed by atoms with Crippen molar-refractivity contribution in [3.63, 3.8) is 0 Å². The zero-order valence-corrected chi connectivity index (χ0v) is 8.05. The first-order valence-electron chi connectivity index (χ1n) is 4.65. The molecule has 1 unspecified atom stereocenters. The SMILES string of the molecule is C#CC(C)NC1(CO)CCOCC1. The second kappa shape index (κ2) is 4.61. The van der Waals surface area contributed by atoms with E-state index < -0.39 is 0 Å². The van der Waals surface area contributed by atoms with Gasteiger partial charge in [0.05, 0.1) is 12.6 Å². The molecule has 0 aliphatic carbocycles. The molecule has 1 saturated heterocycles. The molecule has 0 amide bonds. The van der Waals surface area contributed by atoms with E-state index in [1.165, 1.54) is 0 Å². The summed E-state index contributed by atoms with van der Waals surface area (Å²) in [4.78, 5) is 0. The molecule has 3 heteroatoms. The van der Waals surface area contributed by atoms with Crippen molar-refractivity contribution in [2.24, 2.45) is 0 Å². The third-order valence-electron chi connectivity index (χ3n) is 2.53. The van der Waals surface area contributed by atoms with Crippen LogP contribution in [0.25, 0.3) is 0 Å². The van der Waals surface area contributed by atoms with E-state index in [-0.39, 0.29) is 18.2 Å². The predicted octanol–water partition coefficient (Wildman–Crippen LogP) is 0.139. The van der Waals surface area contributed by atoms with Crippen LogP contribution in [0.1, 0.15) is 19.8 Å². The molecule has 1 rings (SSSR count). The molecule has 0 saturated carbocycles. The summed E-state index contributed by atoms with van der Waals surface area (Å²) in [6, 6.07) is 0.00486. The van der Waals surface area contributed by atoms with E-state index in [9.17, 15) is 5.11 Å². The first-order chi connectivity index (χ1) is 6.22. The molecular weight excluding hydrogens is 166 g/mol. The average molecular weight is 183 g/mol. The number of ether oxygens (including phenoxy) is 1. The predicted molar refractivity (Wildman–Crippen MR) is 51.3 cm³/mol. The van der Waals surface area contributed by atoms with Crippen molar-refractivity contribution in [1.82, 2.24) is 5.32 Å². The Morgan fingerprint density at radius 1 is 1.62 bits per heavy atom. The molecule has 0 aromatic carbocycles. The molecule has 2 N–H and O–H groups in total. The van der Waals surface area contributed by atoms with E-state index in [0.29, 0.717) is 13.2 Å². The summed E-state index contributed by atoms with van der Waals surface area (Å²) < 4.78 is 5.24. The molecule has 0 aromatic heterocycles. The number of hydrogen-bond donors (Lipinski definition) is 2. The van der Waals surface area contributed by atoms with Crippen LogP contribution in [-0.2, 0) is 4.74 Å². The van der Waals surface area contributed by atoms with E-state index in [2.05, 4.69) is 11.2 Å². The fraction of sp³-hybridized carbons (Fsp3) is 0.800. The third kappa shape index (κ3) is 2.70. The summed E-state index contributed by atoms with van der Waals surface area (Å²) in [5.74, 6) is 2.61. The topological polar surface area (TPSA) is 41.5 Å². The van der Waals surface area contributed by atoms with Gasteiger partial charge in [-0.3, -0.25) is 5.32 Å². The number of rotatable bonds is 3. The molecule has 1 atom stereocenters. The maximum Gasteiger partial charge on any atom is 0.0663 e. The minimum Gasteiger partial charge on any atom is -0.394 e. The van der Waals surface area contributed by atoms with Gasteiger partial charge < -0.3 is 9.84 Å². The van der Waals surface area contributed by atoms with Crippen molar-refractivity contribution < 1.29 is 9.84 Å². The largest absolute Gasteiger partial charge is 0.394 e. The lowest BCUT2D eigenvalue weighted by molar-refractivity contribution is 0.0101. The van der Waals surface area contributed by atoms with Crippen LogP contribution in [0.3, 0.4) is 0 Å². The molecule has 1 fully saturated rings. The summed E-state index contributed by atoms with van der Waals surface area (Å²) in [6.45, 7) is 3.45. The second-order valence-corrected chi connectivity index (χ2v) is 3.58. The lowest BCUT2D eigenvalue weighted by Gasteiger charge is -2.37. The van der Waals surface area contributed by atoms with E-state index in [1.54, 1.807) is 0 Å². The molecule has 1 aliphatic rings. The molecule has 0 spiro atoms. The summed E-state index contributed by atoms with van der Waals surface area (Å²) in [5, 5.41) is 12.6. The molecule has 0 radical (unpaired) electrons. The monoisotopic (exact) mass is 183 g/mol. The summed E-state index contributed by atoms with van der Waals surface area (Å²) in [6.07, 6.45) is 6.94. The third-order valence-corrected chi connectivity index (χ3v) is 2.53. The number of aliphatic hydroxyl groups is 1. The Balaban J connectivity index is 2.53. The Morgan fingerprint density at radius 2 is 2.23 bits per heavy atom. The normalized spacial score (nSPS) is 23.5. The van der Waals surface area contributed by atoms with Crippen molar-refractivity contribution in [3.05, 3.63) is 0 Å². The number of nitrogens with one attached hydrogen (secondary N) is 1. The van der Waals surface area contributed by atoms with Gasteiger partial charge in [0.15, 0.2) is 0 Å². The molecule has 74 valence electrons. The first kappa shape index (κ1) is 10.5. The molecule has 1 heterocycles. The van der Waals surface area contributed by atoms with Crippen molar-refractivity contribution in [2.75, 3.05) is 19.8 Å². The smallest absolute Gasteiger partial charge is 0.0663 e. The molecule has 3 nitrogen and oxygen atoms in total. The lowest BCUT2D eigenvalue weighted by atomic mass is 9.90. The van der Waals surface area contributed by atoms with Crippen LogP contribution in [-0.4, -0.2) is 36.5 Å². The van der Waals surface area contributed by atoms with Gasteiger partial charge in [-0.05, 0) is 19.8 Å². The molecule has 13 heavy (non-hydrogen) atoms. The van der Waals surface area contributed by atoms with Gasteiger partial charge >= 0.3 is 0 Å². The fourth-order valence-corrected chi connectivity index (χ4v) is 1.61. The average Bonchev–Trinajstić information content (AvgIpc) is 2.19. The van der Waals surface area contributed by atoms with Gasteiger partial charge in [-0.2, -0.15) is 0 Å². The Morgan fingerprint density at radius 3 is 2.69 bits per heavy atom. The summed E-state index contributed by atoms with van der Waals surface area (Å²) >= 11 is 0. The highest BCUT2D eigenvalue weighted by Gasteiger charge is 2.32. The van der Waals surface area contributed by atoms with Crippen LogP contribution in [0, 0.1) is 12.3 Å². The maximum atomic E-state index is 9.30. The van der Waals surface area contributed by atoms with Gasteiger partial charge in [-0.15, -0.1) is 6.42 Å². The van der Waals surface area contributed by atoms with Gasteiger partial charge in [0, 0.05) is 18.8 Å². The first-order valence-corrected chi connectivity index (χ1v) is 4.65. The molecular formula is C10H17NO2. The highest BCUT2D eigenvalue weighted by atomic mass is 16.5. The van der Waals surface area contributed by atoms with Crippen molar-refractivity contribution in [1.29, 1.82) is 0 Å². The Hall–Kier alpha value is -0.560.